The maximum atomic E-state index is 12.8. The molecule has 4 aliphatic rings. The third kappa shape index (κ3) is 2.33. The van der Waals surface area contributed by atoms with Crippen LogP contribution < -0.4 is 0 Å². The Morgan fingerprint density at radius 1 is 0.957 bits per heavy atom. The molecule has 3 amide bonds. The van der Waals surface area contributed by atoms with E-state index in [0.29, 0.717) is 0 Å². The Morgan fingerprint density at radius 2 is 1.48 bits per heavy atom. The first kappa shape index (κ1) is 16.1. The van der Waals surface area contributed by atoms with Crippen LogP contribution in [0, 0.1) is 23.7 Å². The number of hydrogen-bond donors (Lipinski definition) is 0. The summed E-state index contributed by atoms with van der Waals surface area (Å²) in [7, 11) is 0. The van der Waals surface area contributed by atoms with Gasteiger partial charge in [-0.2, -0.15) is 0 Å². The topological polar surface area (TPSA) is 57.7 Å². The summed E-state index contributed by atoms with van der Waals surface area (Å²) in [6.45, 7) is 1.43. The van der Waals surface area contributed by atoms with Crippen molar-refractivity contribution in [1.29, 1.82) is 0 Å². The maximum absolute atomic E-state index is 12.8. The highest BCUT2D eigenvalue weighted by Gasteiger charge is 2.66. The lowest BCUT2D eigenvalue weighted by Gasteiger charge is -2.28. The molecule has 2 aliphatic carbocycles. The molecule has 0 aromatic carbocycles. The van der Waals surface area contributed by atoms with Gasteiger partial charge in [-0.15, -0.1) is 0 Å². The smallest absolute Gasteiger partial charge is 0.242 e. The van der Waals surface area contributed by atoms with Crippen LogP contribution >= 0.6 is 31.9 Å². The number of hydrogen-bond acceptors (Lipinski definition) is 3. The van der Waals surface area contributed by atoms with E-state index >= 15 is 0 Å². The van der Waals surface area contributed by atoms with Crippen molar-refractivity contribution in [2.45, 2.75) is 35.3 Å². The van der Waals surface area contributed by atoms with Crippen molar-refractivity contribution < 1.29 is 14.4 Å². The molecular formula is C16H20Br2N2O3. The average molecular weight is 448 g/mol. The number of nitrogens with zero attached hydrogens (tertiary/aromatic N) is 2. The number of alkyl halides is 2. The number of carbonyl (C=O) groups is 3. The van der Waals surface area contributed by atoms with Crippen LogP contribution in [-0.4, -0.2) is 56.8 Å². The highest BCUT2D eigenvalue weighted by Crippen LogP contribution is 2.60. The van der Waals surface area contributed by atoms with E-state index < -0.39 is 0 Å². The van der Waals surface area contributed by atoms with E-state index in [1.807, 2.05) is 0 Å². The van der Waals surface area contributed by atoms with Crippen LogP contribution in [0.25, 0.3) is 0 Å². The largest absolute Gasteiger partial charge is 0.341 e. The van der Waals surface area contributed by atoms with Gasteiger partial charge in [-0.25, -0.2) is 0 Å². The standard InChI is InChI=1S/C16H20Br2N2O3/c17-13-8-6-9(14(13)18)12-11(8)15(22)20(16(12)23)7-10(21)19-4-2-1-3-5-19/h8-9,11-14H,1-7H2/t8-,9-,11-,12+,13+,14+/m1/s1. The molecule has 0 aromatic heterocycles. The summed E-state index contributed by atoms with van der Waals surface area (Å²) >= 11 is 7.35. The van der Waals surface area contributed by atoms with Crippen LogP contribution in [0.2, 0.25) is 0 Å². The average Bonchev–Trinajstić information content (AvgIpc) is 3.16. The number of likely N-dealkylation sites (tertiary alicyclic amines) is 2. The minimum Gasteiger partial charge on any atom is -0.341 e. The Hall–Kier alpha value is -0.430. The van der Waals surface area contributed by atoms with Crippen molar-refractivity contribution >= 4 is 49.6 Å². The summed E-state index contributed by atoms with van der Waals surface area (Å²) in [5.41, 5.74) is 0. The second-order valence-corrected chi connectivity index (χ2v) is 9.32. The van der Waals surface area contributed by atoms with Gasteiger partial charge in [0.15, 0.2) is 0 Å². The Labute approximate surface area is 152 Å². The second-order valence-electron chi connectivity index (χ2n) is 7.21. The van der Waals surface area contributed by atoms with Crippen molar-refractivity contribution in [3.05, 3.63) is 0 Å². The van der Waals surface area contributed by atoms with Crippen molar-refractivity contribution in [2.75, 3.05) is 19.6 Å². The SMILES string of the molecule is O=C(CN1C(=O)[C@@H]2[C@H]3C[C@@H]([C@H](Br)[C@H]3Br)[C@@H]2C1=O)N1CCCCC1. The predicted octanol–water partition coefficient (Wildman–Crippen LogP) is 1.78. The molecule has 2 saturated heterocycles. The number of carbonyl (C=O) groups excluding carboxylic acids is 3. The van der Waals surface area contributed by atoms with Crippen LogP contribution in [0.5, 0.6) is 0 Å². The molecule has 0 radical (unpaired) electrons. The zero-order valence-corrected chi connectivity index (χ0v) is 16.0. The number of amides is 3. The normalized spacial score (nSPS) is 42.5. The Bertz CT molecular complexity index is 532. The molecule has 126 valence electrons. The lowest BCUT2D eigenvalue weighted by molar-refractivity contribution is -0.147. The fraction of sp³-hybridized carbons (Fsp3) is 0.812. The highest BCUT2D eigenvalue weighted by atomic mass is 79.9. The van der Waals surface area contributed by atoms with Crippen LogP contribution in [0.1, 0.15) is 25.7 Å². The van der Waals surface area contributed by atoms with Gasteiger partial charge in [-0.3, -0.25) is 19.3 Å². The Morgan fingerprint density at radius 3 is 2.00 bits per heavy atom. The van der Waals surface area contributed by atoms with E-state index in [-0.39, 0.29) is 57.6 Å². The lowest BCUT2D eigenvalue weighted by Crippen LogP contribution is -2.45. The molecule has 6 atom stereocenters. The summed E-state index contributed by atoms with van der Waals surface area (Å²) in [5.74, 6) is -0.352. The fourth-order valence-corrected chi connectivity index (χ4v) is 6.82. The molecule has 2 bridgehead atoms. The van der Waals surface area contributed by atoms with Crippen LogP contribution in [-0.2, 0) is 14.4 Å². The first-order valence-electron chi connectivity index (χ1n) is 8.42. The predicted molar refractivity (Wildman–Crippen MR) is 91.2 cm³/mol. The summed E-state index contributed by atoms with van der Waals surface area (Å²) in [5, 5.41) is 0. The minimum absolute atomic E-state index is 0.0655. The van der Waals surface area contributed by atoms with Gasteiger partial charge in [-0.1, -0.05) is 31.9 Å². The van der Waals surface area contributed by atoms with E-state index in [1.54, 1.807) is 4.90 Å². The minimum atomic E-state index is -0.222. The molecule has 0 spiro atoms. The Balaban J connectivity index is 1.50. The Kier molecular flexibility index (Phi) is 4.07. The molecule has 7 heteroatoms. The van der Waals surface area contributed by atoms with E-state index in [4.69, 9.17) is 0 Å². The van der Waals surface area contributed by atoms with Crippen molar-refractivity contribution in [3.63, 3.8) is 0 Å². The number of halogens is 2. The maximum Gasteiger partial charge on any atom is 0.242 e. The first-order chi connectivity index (χ1) is 11.0. The molecular weight excluding hydrogens is 428 g/mol. The lowest BCUT2D eigenvalue weighted by atomic mass is 9.81. The van der Waals surface area contributed by atoms with Gasteiger partial charge in [0.2, 0.25) is 17.7 Å². The van der Waals surface area contributed by atoms with Gasteiger partial charge in [0.05, 0.1) is 11.8 Å². The third-order valence-electron chi connectivity index (χ3n) is 6.08. The quantitative estimate of drug-likeness (QED) is 0.478. The summed E-state index contributed by atoms with van der Waals surface area (Å²) in [6.07, 6.45) is 4.10. The monoisotopic (exact) mass is 446 g/mol. The molecule has 2 saturated carbocycles. The molecule has 23 heavy (non-hydrogen) atoms. The molecule has 0 unspecified atom stereocenters. The molecule has 2 aliphatic heterocycles. The summed E-state index contributed by atoms with van der Waals surface area (Å²) in [6, 6.07) is 0. The molecule has 0 aromatic rings. The van der Waals surface area contributed by atoms with E-state index in [9.17, 15) is 14.4 Å². The summed E-state index contributed by atoms with van der Waals surface area (Å²) in [4.78, 5) is 41.5. The zero-order chi connectivity index (χ0) is 16.3. The van der Waals surface area contributed by atoms with Gasteiger partial charge in [0, 0.05) is 22.7 Å². The van der Waals surface area contributed by atoms with Gasteiger partial charge >= 0.3 is 0 Å². The number of rotatable bonds is 2. The number of fused-ring (bicyclic) bond motifs is 5. The second kappa shape index (κ2) is 5.83. The van der Waals surface area contributed by atoms with E-state index in [0.717, 1.165) is 38.8 Å². The van der Waals surface area contributed by atoms with E-state index in [1.165, 1.54) is 4.90 Å². The molecule has 4 rings (SSSR count). The fourth-order valence-electron chi connectivity index (χ4n) is 4.94. The highest BCUT2D eigenvalue weighted by molar-refractivity contribution is 9.12. The number of piperidine rings is 1. The zero-order valence-electron chi connectivity index (χ0n) is 12.8. The summed E-state index contributed by atoms with van der Waals surface area (Å²) < 4.78 is 0. The van der Waals surface area contributed by atoms with Crippen molar-refractivity contribution in [1.82, 2.24) is 9.80 Å². The van der Waals surface area contributed by atoms with Crippen LogP contribution in [0.4, 0.5) is 0 Å². The van der Waals surface area contributed by atoms with Crippen LogP contribution in [0.15, 0.2) is 0 Å². The molecule has 5 nitrogen and oxygen atoms in total. The van der Waals surface area contributed by atoms with Gasteiger partial charge in [-0.05, 0) is 37.5 Å². The first-order valence-corrected chi connectivity index (χ1v) is 10.2. The molecule has 0 N–H and O–H groups in total. The molecule has 4 fully saturated rings. The van der Waals surface area contributed by atoms with Crippen molar-refractivity contribution in [2.24, 2.45) is 23.7 Å². The van der Waals surface area contributed by atoms with E-state index in [2.05, 4.69) is 31.9 Å². The van der Waals surface area contributed by atoms with Gasteiger partial charge < -0.3 is 4.90 Å². The van der Waals surface area contributed by atoms with Gasteiger partial charge in [0.1, 0.15) is 6.54 Å². The van der Waals surface area contributed by atoms with Crippen molar-refractivity contribution in [3.8, 4) is 0 Å². The number of imide groups is 1. The van der Waals surface area contributed by atoms with Crippen LogP contribution in [0.3, 0.4) is 0 Å². The third-order valence-corrected chi connectivity index (χ3v) is 9.29. The van der Waals surface area contributed by atoms with Gasteiger partial charge in [0.25, 0.3) is 0 Å². The molecule has 2 heterocycles.